The van der Waals surface area contributed by atoms with Gasteiger partial charge in [0.1, 0.15) is 17.0 Å². The van der Waals surface area contributed by atoms with Gasteiger partial charge in [-0.05, 0) is 90.8 Å². The van der Waals surface area contributed by atoms with Gasteiger partial charge in [0, 0.05) is 42.1 Å². The van der Waals surface area contributed by atoms with Crippen LogP contribution in [0.5, 0.6) is 0 Å². The number of pyridine rings is 2. The largest absolute Gasteiger partial charge is 0.444 e. The SMILES string of the molecule is Cc1c(-c2cc3cc(NC(=O)N[C@H]4CCOC4)ncc3c(NC(=O)OC(C)(C)C)c2F)cnc2c1N(C(=O)OC(C)(C)C)CCC2. The van der Waals surface area contributed by atoms with Crippen LogP contribution in [0.25, 0.3) is 21.9 Å². The molecule has 3 N–H and O–H groups in total. The van der Waals surface area contributed by atoms with Gasteiger partial charge in [-0.15, -0.1) is 0 Å². The number of aromatic nitrogens is 2. The topological polar surface area (TPSA) is 144 Å². The van der Waals surface area contributed by atoms with Crippen LogP contribution in [-0.2, 0) is 20.6 Å². The summed E-state index contributed by atoms with van der Waals surface area (Å²) in [7, 11) is 0. The third-order valence-electron chi connectivity index (χ3n) is 7.44. The van der Waals surface area contributed by atoms with Gasteiger partial charge >= 0.3 is 18.2 Å². The summed E-state index contributed by atoms with van der Waals surface area (Å²) in [5.74, 6) is -0.509. The predicted molar refractivity (Wildman–Crippen MR) is 173 cm³/mol. The van der Waals surface area contributed by atoms with Crippen LogP contribution in [0, 0.1) is 12.7 Å². The van der Waals surface area contributed by atoms with Crippen molar-refractivity contribution in [3.8, 4) is 11.1 Å². The van der Waals surface area contributed by atoms with Crippen molar-refractivity contribution in [1.82, 2.24) is 15.3 Å². The number of hydrogen-bond acceptors (Lipinski definition) is 8. The highest BCUT2D eigenvalue weighted by Gasteiger charge is 2.31. The predicted octanol–water partition coefficient (Wildman–Crippen LogP) is 6.69. The summed E-state index contributed by atoms with van der Waals surface area (Å²) in [5, 5.41) is 8.91. The van der Waals surface area contributed by atoms with Crippen molar-refractivity contribution in [2.45, 2.75) is 85.0 Å². The molecule has 0 saturated carbocycles. The lowest BCUT2D eigenvalue weighted by Crippen LogP contribution is -2.40. The molecule has 46 heavy (non-hydrogen) atoms. The van der Waals surface area contributed by atoms with E-state index in [1.807, 2.05) is 0 Å². The number of rotatable bonds is 4. The van der Waals surface area contributed by atoms with E-state index in [2.05, 4.69) is 25.9 Å². The average Bonchev–Trinajstić information content (AvgIpc) is 3.45. The first kappa shape index (κ1) is 32.9. The van der Waals surface area contributed by atoms with E-state index in [0.29, 0.717) is 72.3 Å². The highest BCUT2D eigenvalue weighted by atomic mass is 19.1. The van der Waals surface area contributed by atoms with E-state index < -0.39 is 35.2 Å². The molecular formula is C33H41FN6O6. The number of carbonyl (C=O) groups is 3. The molecule has 246 valence electrons. The number of amides is 4. The summed E-state index contributed by atoms with van der Waals surface area (Å²) < 4.78 is 33.0. The van der Waals surface area contributed by atoms with E-state index in [9.17, 15) is 14.4 Å². The lowest BCUT2D eigenvalue weighted by atomic mass is 9.94. The standard InChI is InChI=1S/C33H41FN6O6/c1-18-22(15-35-24-9-8-11-40(28(18)24)31(43)46-33(5,6)7)21-13-19-14-25(38-29(41)37-20-10-12-44-17-20)36-16-23(19)27(26(21)34)39-30(42)45-32(2,3)4/h13-16,20H,8-12,17H2,1-7H3,(H,39,42)(H2,36,37,38,41)/t20-/m0/s1. The van der Waals surface area contributed by atoms with Gasteiger partial charge < -0.3 is 19.5 Å². The fraction of sp³-hybridized carbons (Fsp3) is 0.485. The molecule has 2 aromatic heterocycles. The number of anilines is 3. The zero-order valence-electron chi connectivity index (χ0n) is 27.3. The molecule has 0 spiro atoms. The second kappa shape index (κ2) is 12.7. The van der Waals surface area contributed by atoms with Gasteiger partial charge in [0.05, 0.1) is 29.7 Å². The number of carbonyl (C=O) groups excluding carboxylic acids is 3. The number of ether oxygens (including phenoxy) is 3. The van der Waals surface area contributed by atoms with Crippen LogP contribution in [0.15, 0.2) is 24.5 Å². The number of hydrogen-bond donors (Lipinski definition) is 3. The Morgan fingerprint density at radius 2 is 1.74 bits per heavy atom. The lowest BCUT2D eigenvalue weighted by molar-refractivity contribution is 0.0575. The van der Waals surface area contributed by atoms with E-state index in [0.717, 1.165) is 0 Å². The Kier molecular flexibility index (Phi) is 9.07. The molecule has 0 aliphatic carbocycles. The van der Waals surface area contributed by atoms with Crippen LogP contribution in [-0.4, -0.2) is 65.2 Å². The maximum Gasteiger partial charge on any atom is 0.414 e. The van der Waals surface area contributed by atoms with Gasteiger partial charge in [-0.3, -0.25) is 20.5 Å². The Balaban J connectivity index is 1.60. The molecule has 1 aromatic carbocycles. The minimum atomic E-state index is -0.846. The van der Waals surface area contributed by atoms with Crippen molar-refractivity contribution in [2.24, 2.45) is 0 Å². The molecule has 0 radical (unpaired) electrons. The van der Waals surface area contributed by atoms with Gasteiger partial charge in [0.25, 0.3) is 0 Å². The molecule has 5 rings (SSSR count). The molecule has 1 atom stereocenters. The number of halogens is 1. The normalized spacial score (nSPS) is 16.5. The van der Waals surface area contributed by atoms with Crippen LogP contribution in [0.1, 0.15) is 65.6 Å². The monoisotopic (exact) mass is 636 g/mol. The number of nitrogens with zero attached hydrogens (tertiary/aromatic N) is 3. The fourth-order valence-electron chi connectivity index (χ4n) is 5.52. The van der Waals surface area contributed by atoms with Gasteiger partial charge in [-0.25, -0.2) is 23.8 Å². The van der Waals surface area contributed by atoms with E-state index in [-0.39, 0.29) is 23.1 Å². The van der Waals surface area contributed by atoms with Crippen LogP contribution in [0.3, 0.4) is 0 Å². The molecule has 2 aliphatic heterocycles. The maximum atomic E-state index is 16.6. The molecular weight excluding hydrogens is 595 g/mol. The van der Waals surface area contributed by atoms with Crippen molar-refractivity contribution in [2.75, 3.05) is 35.3 Å². The molecule has 3 aromatic rings. The van der Waals surface area contributed by atoms with Crippen LogP contribution < -0.4 is 20.9 Å². The van der Waals surface area contributed by atoms with Crippen LogP contribution >= 0.6 is 0 Å². The quantitative estimate of drug-likeness (QED) is 0.287. The molecule has 0 unspecified atom stereocenters. The maximum absolute atomic E-state index is 16.6. The highest BCUT2D eigenvalue weighted by Crippen LogP contribution is 2.41. The van der Waals surface area contributed by atoms with Crippen molar-refractivity contribution in [3.63, 3.8) is 0 Å². The Hall–Kier alpha value is -4.52. The summed E-state index contributed by atoms with van der Waals surface area (Å²) in [6.07, 6.45) is 3.66. The van der Waals surface area contributed by atoms with E-state index in [4.69, 9.17) is 14.2 Å². The summed E-state index contributed by atoms with van der Waals surface area (Å²) in [4.78, 5) is 49.2. The molecule has 0 bridgehead atoms. The van der Waals surface area contributed by atoms with E-state index in [1.165, 1.54) is 6.20 Å². The second-order valence-electron chi connectivity index (χ2n) is 13.5. The third-order valence-corrected chi connectivity index (χ3v) is 7.44. The van der Waals surface area contributed by atoms with Crippen LogP contribution in [0.4, 0.5) is 36.0 Å². The molecule has 2 aliphatic rings. The minimum absolute atomic E-state index is 0.106. The molecule has 1 fully saturated rings. The Bertz CT molecular complexity index is 1680. The number of urea groups is 1. The van der Waals surface area contributed by atoms with E-state index in [1.54, 1.807) is 71.7 Å². The zero-order chi connectivity index (χ0) is 33.4. The first-order valence-corrected chi connectivity index (χ1v) is 15.4. The van der Waals surface area contributed by atoms with Gasteiger partial charge in [-0.1, -0.05) is 0 Å². The Labute approximate surface area is 267 Å². The molecule has 1 saturated heterocycles. The van der Waals surface area contributed by atoms with Gasteiger partial charge in [-0.2, -0.15) is 0 Å². The van der Waals surface area contributed by atoms with Crippen LogP contribution in [0.2, 0.25) is 0 Å². The minimum Gasteiger partial charge on any atom is -0.444 e. The summed E-state index contributed by atoms with van der Waals surface area (Å²) in [6.45, 7) is 13.8. The third kappa shape index (κ3) is 7.47. The van der Waals surface area contributed by atoms with Crippen molar-refractivity contribution in [1.29, 1.82) is 0 Å². The summed E-state index contributed by atoms with van der Waals surface area (Å²) in [5.41, 5.74) is 0.784. The van der Waals surface area contributed by atoms with E-state index >= 15 is 4.39 Å². The number of fused-ring (bicyclic) bond motifs is 2. The second-order valence-corrected chi connectivity index (χ2v) is 13.5. The fourth-order valence-corrected chi connectivity index (χ4v) is 5.52. The number of benzene rings is 1. The molecule has 4 heterocycles. The molecule has 12 nitrogen and oxygen atoms in total. The summed E-state index contributed by atoms with van der Waals surface area (Å²) >= 11 is 0. The van der Waals surface area contributed by atoms with Gasteiger partial charge in [0.2, 0.25) is 0 Å². The smallest absolute Gasteiger partial charge is 0.414 e. The lowest BCUT2D eigenvalue weighted by Gasteiger charge is -2.33. The van der Waals surface area contributed by atoms with Gasteiger partial charge in [0.15, 0.2) is 5.82 Å². The first-order valence-electron chi connectivity index (χ1n) is 15.4. The van der Waals surface area contributed by atoms with Crippen molar-refractivity contribution >= 4 is 46.2 Å². The highest BCUT2D eigenvalue weighted by molar-refractivity contribution is 6.05. The zero-order valence-corrected chi connectivity index (χ0v) is 27.3. The molecule has 4 amide bonds. The molecule has 13 heteroatoms. The average molecular weight is 637 g/mol. The first-order chi connectivity index (χ1) is 21.6. The summed E-state index contributed by atoms with van der Waals surface area (Å²) in [6, 6.07) is 2.65. The Morgan fingerprint density at radius 1 is 1.00 bits per heavy atom. The number of nitrogens with one attached hydrogen (secondary N) is 3. The Morgan fingerprint density at radius 3 is 2.41 bits per heavy atom. The van der Waals surface area contributed by atoms with Crippen molar-refractivity contribution in [3.05, 3.63) is 41.6 Å². The van der Waals surface area contributed by atoms with Crippen molar-refractivity contribution < 1.29 is 33.0 Å². The number of aryl methyl sites for hydroxylation is 1.